The quantitative estimate of drug-likeness (QED) is 0.702. The Labute approximate surface area is 76.4 Å². The van der Waals surface area contributed by atoms with Crippen LogP contribution in [0.5, 0.6) is 0 Å². The van der Waals surface area contributed by atoms with Crippen LogP contribution in [0.2, 0.25) is 0 Å². The maximum atomic E-state index is 10.5. The molecule has 3 nitrogen and oxygen atoms in total. The topological polar surface area (TPSA) is 49.7 Å². The molecular formula is C10H11NO2. The van der Waals surface area contributed by atoms with E-state index < -0.39 is 0 Å². The first-order valence-corrected chi connectivity index (χ1v) is 4.40. The number of aliphatic hydroxyl groups is 1. The average molecular weight is 177 g/mol. The fourth-order valence-corrected chi connectivity index (χ4v) is 1.84. The molecule has 0 aliphatic heterocycles. The summed E-state index contributed by atoms with van der Waals surface area (Å²) in [4.78, 5) is 10.5. The monoisotopic (exact) mass is 177 g/mol. The molecule has 0 radical (unpaired) electrons. The van der Waals surface area contributed by atoms with Gasteiger partial charge in [-0.05, 0) is 29.5 Å². The van der Waals surface area contributed by atoms with E-state index in [1.54, 1.807) is 0 Å². The molecule has 13 heavy (non-hydrogen) atoms. The van der Waals surface area contributed by atoms with Gasteiger partial charge in [0.15, 0.2) is 0 Å². The van der Waals surface area contributed by atoms with Gasteiger partial charge in [0, 0.05) is 0 Å². The Kier molecular flexibility index (Phi) is 2.10. The highest BCUT2D eigenvalue weighted by atomic mass is 16.3. The second-order valence-electron chi connectivity index (χ2n) is 3.35. The van der Waals surface area contributed by atoms with Crippen molar-refractivity contribution in [3.05, 3.63) is 39.8 Å². The van der Waals surface area contributed by atoms with Crippen LogP contribution in [-0.4, -0.2) is 5.11 Å². The summed E-state index contributed by atoms with van der Waals surface area (Å²) >= 11 is 0. The van der Waals surface area contributed by atoms with Crippen LogP contribution >= 0.6 is 0 Å². The fourth-order valence-electron chi connectivity index (χ4n) is 1.84. The minimum Gasteiger partial charge on any atom is -0.392 e. The standard InChI is InChI=1S/C10H11NO2/c12-6-7-1-2-8-3-4-10(11-13)9(8)5-7/h1-2,5,10,12H,3-4,6H2. The molecule has 1 N–H and O–H groups in total. The predicted molar refractivity (Wildman–Crippen MR) is 49.2 cm³/mol. The van der Waals surface area contributed by atoms with Gasteiger partial charge in [-0.1, -0.05) is 23.4 Å². The zero-order valence-corrected chi connectivity index (χ0v) is 7.23. The van der Waals surface area contributed by atoms with E-state index in [-0.39, 0.29) is 12.6 Å². The Morgan fingerprint density at radius 1 is 1.54 bits per heavy atom. The van der Waals surface area contributed by atoms with E-state index in [2.05, 4.69) is 5.18 Å². The third-order valence-corrected chi connectivity index (χ3v) is 2.57. The Morgan fingerprint density at radius 3 is 3.08 bits per heavy atom. The minimum absolute atomic E-state index is 0.0266. The molecule has 1 aromatic carbocycles. The molecule has 1 aliphatic rings. The van der Waals surface area contributed by atoms with Gasteiger partial charge in [-0.25, -0.2) is 0 Å². The molecule has 0 spiro atoms. The second-order valence-corrected chi connectivity index (χ2v) is 3.35. The van der Waals surface area contributed by atoms with Crippen molar-refractivity contribution < 1.29 is 5.11 Å². The molecule has 0 heterocycles. The van der Waals surface area contributed by atoms with Crippen molar-refractivity contribution in [2.24, 2.45) is 5.18 Å². The molecule has 0 bridgehead atoms. The van der Waals surface area contributed by atoms with Crippen molar-refractivity contribution in [1.29, 1.82) is 0 Å². The Bertz CT molecular complexity index is 336. The van der Waals surface area contributed by atoms with Gasteiger partial charge in [0.25, 0.3) is 0 Å². The highest BCUT2D eigenvalue weighted by Crippen LogP contribution is 2.34. The van der Waals surface area contributed by atoms with Gasteiger partial charge in [0.05, 0.1) is 6.61 Å². The Balaban J connectivity index is 2.42. The van der Waals surface area contributed by atoms with Crippen LogP contribution in [0.25, 0.3) is 0 Å². The summed E-state index contributed by atoms with van der Waals surface area (Å²) in [5.41, 5.74) is 3.05. The van der Waals surface area contributed by atoms with Gasteiger partial charge in [-0.3, -0.25) is 0 Å². The number of rotatable bonds is 2. The smallest absolute Gasteiger partial charge is 0.117 e. The highest BCUT2D eigenvalue weighted by Gasteiger charge is 2.22. The summed E-state index contributed by atoms with van der Waals surface area (Å²) in [6.45, 7) is 0.0266. The first-order chi connectivity index (χ1) is 6.35. The number of hydrogen-bond donors (Lipinski definition) is 1. The second kappa shape index (κ2) is 3.26. The van der Waals surface area contributed by atoms with Crippen LogP contribution in [0.1, 0.15) is 29.2 Å². The number of benzene rings is 1. The van der Waals surface area contributed by atoms with E-state index in [1.165, 1.54) is 5.56 Å². The molecule has 1 unspecified atom stereocenters. The third-order valence-electron chi connectivity index (χ3n) is 2.57. The maximum absolute atomic E-state index is 10.5. The number of nitrogens with zero attached hydrogens (tertiary/aromatic N) is 1. The molecule has 0 fully saturated rings. The molecule has 0 saturated carbocycles. The largest absolute Gasteiger partial charge is 0.392 e. The zero-order chi connectivity index (χ0) is 9.26. The number of aliphatic hydroxyl groups excluding tert-OH is 1. The molecular weight excluding hydrogens is 166 g/mol. The highest BCUT2D eigenvalue weighted by molar-refractivity contribution is 5.37. The fraction of sp³-hybridized carbons (Fsp3) is 0.400. The van der Waals surface area contributed by atoms with Crippen LogP contribution in [0.4, 0.5) is 0 Å². The molecule has 0 saturated heterocycles. The average Bonchev–Trinajstić information content (AvgIpc) is 2.59. The lowest BCUT2D eigenvalue weighted by molar-refractivity contribution is 0.281. The number of nitroso groups, excluding NO2 is 1. The molecule has 1 atom stereocenters. The lowest BCUT2D eigenvalue weighted by atomic mass is 10.1. The minimum atomic E-state index is -0.193. The summed E-state index contributed by atoms with van der Waals surface area (Å²) < 4.78 is 0. The van der Waals surface area contributed by atoms with Crippen LogP contribution in [-0.2, 0) is 13.0 Å². The summed E-state index contributed by atoms with van der Waals surface area (Å²) in [6, 6.07) is 5.56. The first-order valence-electron chi connectivity index (χ1n) is 4.40. The normalized spacial score (nSPS) is 19.9. The van der Waals surface area contributed by atoms with Crippen molar-refractivity contribution in [3.8, 4) is 0 Å². The summed E-state index contributed by atoms with van der Waals surface area (Å²) in [7, 11) is 0. The number of fused-ring (bicyclic) bond motifs is 1. The van der Waals surface area contributed by atoms with E-state index in [4.69, 9.17) is 5.11 Å². The van der Waals surface area contributed by atoms with Crippen LogP contribution in [0, 0.1) is 4.91 Å². The third kappa shape index (κ3) is 1.35. The zero-order valence-electron chi connectivity index (χ0n) is 7.23. The van der Waals surface area contributed by atoms with Gasteiger partial charge in [0.1, 0.15) is 6.04 Å². The van der Waals surface area contributed by atoms with E-state index in [1.807, 2.05) is 18.2 Å². The molecule has 1 aromatic rings. The molecule has 0 amide bonds. The molecule has 1 aliphatic carbocycles. The van der Waals surface area contributed by atoms with Crippen molar-refractivity contribution >= 4 is 0 Å². The number of hydrogen-bond acceptors (Lipinski definition) is 3. The Morgan fingerprint density at radius 2 is 2.38 bits per heavy atom. The van der Waals surface area contributed by atoms with Gasteiger partial charge < -0.3 is 5.11 Å². The van der Waals surface area contributed by atoms with E-state index in [0.29, 0.717) is 0 Å². The van der Waals surface area contributed by atoms with E-state index in [9.17, 15) is 4.91 Å². The summed E-state index contributed by atoms with van der Waals surface area (Å²) in [5.74, 6) is 0. The van der Waals surface area contributed by atoms with Gasteiger partial charge >= 0.3 is 0 Å². The molecule has 2 rings (SSSR count). The van der Waals surface area contributed by atoms with Crippen molar-refractivity contribution in [2.45, 2.75) is 25.5 Å². The lowest BCUT2D eigenvalue weighted by Gasteiger charge is -2.03. The SMILES string of the molecule is O=NC1CCc2ccc(CO)cc21. The first kappa shape index (κ1) is 8.38. The summed E-state index contributed by atoms with van der Waals surface area (Å²) in [5, 5.41) is 12.0. The van der Waals surface area contributed by atoms with Crippen molar-refractivity contribution in [2.75, 3.05) is 0 Å². The summed E-state index contributed by atoms with van der Waals surface area (Å²) in [6.07, 6.45) is 1.74. The van der Waals surface area contributed by atoms with Gasteiger partial charge in [-0.2, -0.15) is 4.91 Å². The van der Waals surface area contributed by atoms with Crippen LogP contribution in [0.3, 0.4) is 0 Å². The van der Waals surface area contributed by atoms with Crippen LogP contribution < -0.4 is 0 Å². The van der Waals surface area contributed by atoms with Gasteiger partial charge in [-0.15, -0.1) is 0 Å². The van der Waals surface area contributed by atoms with Crippen molar-refractivity contribution in [3.63, 3.8) is 0 Å². The maximum Gasteiger partial charge on any atom is 0.117 e. The van der Waals surface area contributed by atoms with E-state index in [0.717, 1.165) is 24.0 Å². The molecule has 3 heteroatoms. The molecule has 0 aromatic heterocycles. The van der Waals surface area contributed by atoms with Gasteiger partial charge in [0.2, 0.25) is 0 Å². The Hall–Kier alpha value is -1.22. The van der Waals surface area contributed by atoms with E-state index >= 15 is 0 Å². The molecule has 68 valence electrons. The van der Waals surface area contributed by atoms with Crippen LogP contribution in [0.15, 0.2) is 23.4 Å². The predicted octanol–water partition coefficient (Wildman–Crippen LogP) is 1.93. The lowest BCUT2D eigenvalue weighted by Crippen LogP contribution is -1.91. The number of aryl methyl sites for hydroxylation is 1. The van der Waals surface area contributed by atoms with Crippen molar-refractivity contribution in [1.82, 2.24) is 0 Å².